The Hall–Kier alpha value is -1.29. The first kappa shape index (κ1) is 12.8. The van der Waals surface area contributed by atoms with E-state index in [0.29, 0.717) is 6.01 Å². The van der Waals surface area contributed by atoms with Crippen LogP contribution in [0.15, 0.2) is 23.3 Å². The zero-order valence-electron chi connectivity index (χ0n) is 10.2. The van der Waals surface area contributed by atoms with E-state index in [0.717, 1.165) is 38.2 Å². The molecule has 1 aromatic rings. The first-order chi connectivity index (χ1) is 7.77. The van der Waals surface area contributed by atoms with Crippen molar-refractivity contribution >= 4 is 6.01 Å². The van der Waals surface area contributed by atoms with Gasteiger partial charge in [-0.1, -0.05) is 13.0 Å². The van der Waals surface area contributed by atoms with Gasteiger partial charge < -0.3 is 14.6 Å². The minimum absolute atomic E-state index is 0.692. The Morgan fingerprint density at radius 3 is 3.12 bits per heavy atom. The van der Waals surface area contributed by atoms with Crippen molar-refractivity contribution in [2.75, 3.05) is 25.0 Å². The summed E-state index contributed by atoms with van der Waals surface area (Å²) in [6.07, 6.45) is 5.74. The van der Waals surface area contributed by atoms with Crippen LogP contribution in [0.5, 0.6) is 0 Å². The van der Waals surface area contributed by atoms with Crippen molar-refractivity contribution < 1.29 is 4.42 Å². The fraction of sp³-hybridized carbons (Fsp3) is 0.583. The van der Waals surface area contributed by atoms with E-state index in [4.69, 9.17) is 4.42 Å². The molecule has 0 radical (unpaired) electrons. The molecule has 1 rings (SSSR count). The second-order valence-corrected chi connectivity index (χ2v) is 3.75. The number of unbranched alkanes of at least 4 members (excludes halogenated alkanes) is 1. The molecule has 0 aliphatic heterocycles. The third-order valence-electron chi connectivity index (χ3n) is 2.32. The predicted molar refractivity (Wildman–Crippen MR) is 66.6 cm³/mol. The number of allylic oxidation sites excluding steroid dienone is 1. The SMILES string of the molecule is C=CCCCN(C)c1nc(CNCC)co1. The molecule has 0 bridgehead atoms. The van der Waals surface area contributed by atoms with Crippen molar-refractivity contribution in [2.24, 2.45) is 0 Å². The average Bonchev–Trinajstić information content (AvgIpc) is 2.75. The molecule has 0 atom stereocenters. The zero-order chi connectivity index (χ0) is 11.8. The minimum atomic E-state index is 0.692. The number of nitrogens with zero attached hydrogens (tertiary/aromatic N) is 2. The van der Waals surface area contributed by atoms with E-state index in [1.54, 1.807) is 6.26 Å². The Morgan fingerprint density at radius 2 is 2.44 bits per heavy atom. The molecule has 0 amide bonds. The van der Waals surface area contributed by atoms with Gasteiger partial charge in [-0.3, -0.25) is 0 Å². The summed E-state index contributed by atoms with van der Waals surface area (Å²) in [5, 5.41) is 3.21. The maximum atomic E-state index is 5.40. The molecule has 1 aromatic heterocycles. The van der Waals surface area contributed by atoms with Gasteiger partial charge in [0.25, 0.3) is 6.01 Å². The van der Waals surface area contributed by atoms with Crippen LogP contribution in [0.4, 0.5) is 6.01 Å². The van der Waals surface area contributed by atoms with E-state index >= 15 is 0 Å². The van der Waals surface area contributed by atoms with Crippen LogP contribution < -0.4 is 10.2 Å². The summed E-state index contributed by atoms with van der Waals surface area (Å²) >= 11 is 0. The number of oxazole rings is 1. The fourth-order valence-corrected chi connectivity index (χ4v) is 1.37. The summed E-state index contributed by atoms with van der Waals surface area (Å²) in [5.74, 6) is 0. The summed E-state index contributed by atoms with van der Waals surface area (Å²) in [6, 6.07) is 0.692. The predicted octanol–water partition coefficient (Wildman–Crippen LogP) is 2.19. The number of rotatable bonds is 8. The summed E-state index contributed by atoms with van der Waals surface area (Å²) in [4.78, 5) is 6.42. The average molecular weight is 223 g/mol. The number of nitrogens with one attached hydrogen (secondary N) is 1. The van der Waals surface area contributed by atoms with Crippen molar-refractivity contribution in [3.8, 4) is 0 Å². The summed E-state index contributed by atoms with van der Waals surface area (Å²) in [7, 11) is 1.99. The van der Waals surface area contributed by atoms with Gasteiger partial charge in [-0.2, -0.15) is 4.98 Å². The van der Waals surface area contributed by atoms with E-state index in [1.165, 1.54) is 0 Å². The Morgan fingerprint density at radius 1 is 1.62 bits per heavy atom. The maximum absolute atomic E-state index is 5.40. The first-order valence-corrected chi connectivity index (χ1v) is 5.75. The summed E-state index contributed by atoms with van der Waals surface area (Å²) in [6.45, 7) is 8.42. The number of anilines is 1. The highest BCUT2D eigenvalue weighted by atomic mass is 16.4. The smallest absolute Gasteiger partial charge is 0.297 e. The van der Waals surface area contributed by atoms with Crippen molar-refractivity contribution in [3.05, 3.63) is 24.6 Å². The molecule has 0 saturated heterocycles. The number of aromatic nitrogens is 1. The molecule has 16 heavy (non-hydrogen) atoms. The van der Waals surface area contributed by atoms with Gasteiger partial charge in [0.2, 0.25) is 0 Å². The van der Waals surface area contributed by atoms with Crippen LogP contribution >= 0.6 is 0 Å². The van der Waals surface area contributed by atoms with E-state index in [1.807, 2.05) is 18.0 Å². The van der Waals surface area contributed by atoms with E-state index in [2.05, 4.69) is 23.8 Å². The molecule has 0 aliphatic rings. The molecule has 1 N–H and O–H groups in total. The third kappa shape index (κ3) is 4.06. The molecular formula is C12H21N3O. The van der Waals surface area contributed by atoms with Crippen LogP contribution in [-0.4, -0.2) is 25.1 Å². The van der Waals surface area contributed by atoms with E-state index in [9.17, 15) is 0 Å². The molecule has 0 aliphatic carbocycles. The molecule has 0 spiro atoms. The lowest BCUT2D eigenvalue weighted by molar-refractivity contribution is 0.541. The van der Waals surface area contributed by atoms with Crippen molar-refractivity contribution in [1.29, 1.82) is 0 Å². The van der Waals surface area contributed by atoms with Gasteiger partial charge in [0.1, 0.15) is 6.26 Å². The van der Waals surface area contributed by atoms with Gasteiger partial charge in [0.05, 0.1) is 5.69 Å². The normalized spacial score (nSPS) is 10.4. The van der Waals surface area contributed by atoms with Crippen LogP contribution in [0.1, 0.15) is 25.5 Å². The third-order valence-corrected chi connectivity index (χ3v) is 2.32. The molecule has 0 unspecified atom stereocenters. The number of hydrogen-bond acceptors (Lipinski definition) is 4. The van der Waals surface area contributed by atoms with E-state index < -0.39 is 0 Å². The molecule has 0 fully saturated rings. The van der Waals surface area contributed by atoms with Gasteiger partial charge >= 0.3 is 0 Å². The molecule has 4 nitrogen and oxygen atoms in total. The Bertz CT molecular complexity index is 309. The topological polar surface area (TPSA) is 41.3 Å². The molecule has 90 valence electrons. The molecule has 1 heterocycles. The summed E-state index contributed by atoms with van der Waals surface area (Å²) in [5.41, 5.74) is 0.951. The fourth-order valence-electron chi connectivity index (χ4n) is 1.37. The van der Waals surface area contributed by atoms with Gasteiger partial charge in [-0.05, 0) is 19.4 Å². The van der Waals surface area contributed by atoms with Crippen LogP contribution in [0.2, 0.25) is 0 Å². The van der Waals surface area contributed by atoms with Gasteiger partial charge in [0, 0.05) is 20.1 Å². The standard InChI is InChI=1S/C12H21N3O/c1-4-6-7-8-15(3)12-14-11(10-16-12)9-13-5-2/h4,10,13H,1,5-9H2,2-3H3. The van der Waals surface area contributed by atoms with Crippen LogP contribution in [0, 0.1) is 0 Å². The van der Waals surface area contributed by atoms with Crippen LogP contribution in [0.25, 0.3) is 0 Å². The largest absolute Gasteiger partial charge is 0.432 e. The quantitative estimate of drug-likeness (QED) is 0.542. The molecule has 4 heteroatoms. The second-order valence-electron chi connectivity index (χ2n) is 3.75. The van der Waals surface area contributed by atoms with Crippen LogP contribution in [-0.2, 0) is 6.54 Å². The lowest BCUT2D eigenvalue weighted by atomic mass is 10.3. The zero-order valence-corrected chi connectivity index (χ0v) is 10.2. The van der Waals surface area contributed by atoms with Crippen molar-refractivity contribution in [1.82, 2.24) is 10.3 Å². The Kier molecular flexibility index (Phi) is 5.64. The Labute approximate surface area is 97.3 Å². The van der Waals surface area contributed by atoms with Gasteiger partial charge in [-0.25, -0.2) is 0 Å². The lowest BCUT2D eigenvalue weighted by Gasteiger charge is -2.12. The second kappa shape index (κ2) is 7.06. The first-order valence-electron chi connectivity index (χ1n) is 5.75. The van der Waals surface area contributed by atoms with Crippen LogP contribution in [0.3, 0.4) is 0 Å². The highest BCUT2D eigenvalue weighted by molar-refractivity contribution is 5.24. The van der Waals surface area contributed by atoms with Crippen molar-refractivity contribution in [2.45, 2.75) is 26.3 Å². The maximum Gasteiger partial charge on any atom is 0.297 e. The lowest BCUT2D eigenvalue weighted by Crippen LogP contribution is -2.19. The van der Waals surface area contributed by atoms with E-state index in [-0.39, 0.29) is 0 Å². The minimum Gasteiger partial charge on any atom is -0.432 e. The highest BCUT2D eigenvalue weighted by Gasteiger charge is 2.07. The summed E-state index contributed by atoms with van der Waals surface area (Å²) < 4.78 is 5.40. The van der Waals surface area contributed by atoms with Crippen molar-refractivity contribution in [3.63, 3.8) is 0 Å². The molecule has 0 saturated carbocycles. The molecule has 0 aromatic carbocycles. The Balaban J connectivity index is 2.39. The molecular weight excluding hydrogens is 202 g/mol. The van der Waals surface area contributed by atoms with Gasteiger partial charge in [-0.15, -0.1) is 6.58 Å². The highest BCUT2D eigenvalue weighted by Crippen LogP contribution is 2.12. The number of hydrogen-bond donors (Lipinski definition) is 1. The van der Waals surface area contributed by atoms with Gasteiger partial charge in [0.15, 0.2) is 0 Å². The monoisotopic (exact) mass is 223 g/mol.